The molecule has 0 unspecified atom stereocenters. The largest absolute Gasteiger partial charge is 0.387 e. The van der Waals surface area contributed by atoms with Crippen molar-refractivity contribution in [2.45, 2.75) is 11.4 Å². The van der Waals surface area contributed by atoms with E-state index >= 15 is 0 Å². The van der Waals surface area contributed by atoms with Gasteiger partial charge in [0.2, 0.25) is 0 Å². The van der Waals surface area contributed by atoms with Gasteiger partial charge in [-0.2, -0.15) is 0 Å². The fourth-order valence-corrected chi connectivity index (χ4v) is 5.50. The van der Waals surface area contributed by atoms with Crippen LogP contribution in [0, 0.1) is 5.82 Å². The van der Waals surface area contributed by atoms with Gasteiger partial charge in [0.25, 0.3) is 5.56 Å². The van der Waals surface area contributed by atoms with E-state index in [-0.39, 0.29) is 11.4 Å². The number of anilines is 1. The normalized spacial score (nSPS) is 18.4. The summed E-state index contributed by atoms with van der Waals surface area (Å²) < 4.78 is 17.4. The summed E-state index contributed by atoms with van der Waals surface area (Å²) in [7, 11) is 1.80. The number of hydrogen-bond acceptors (Lipinski definition) is 5. The van der Waals surface area contributed by atoms with Gasteiger partial charge in [-0.05, 0) is 36.1 Å². The van der Waals surface area contributed by atoms with Crippen LogP contribution in [0.5, 0.6) is 0 Å². The first kappa shape index (κ1) is 17.9. The van der Waals surface area contributed by atoms with Crippen LogP contribution in [0.15, 0.2) is 64.5 Å². The molecule has 0 spiro atoms. The van der Waals surface area contributed by atoms with Gasteiger partial charge in [0, 0.05) is 25.0 Å². The predicted molar refractivity (Wildman–Crippen MR) is 112 cm³/mol. The number of nitrogens with one attached hydrogen (secondary N) is 1. The first-order valence-electron chi connectivity index (χ1n) is 8.47. The third kappa shape index (κ3) is 3.17. The Morgan fingerprint density at radius 1 is 1.41 bits per heavy atom. The summed E-state index contributed by atoms with van der Waals surface area (Å²) in [6.07, 6.45) is 9.65. The second kappa shape index (κ2) is 7.25. The number of dihydropyridines is 1. The molecule has 3 heterocycles. The van der Waals surface area contributed by atoms with Gasteiger partial charge in [0.1, 0.15) is 15.4 Å². The molecule has 138 valence electrons. The standard InChI is InChI=1S/C20H18FN3OS2/c1-3-11-24-16(12-13-7-9-22-10-8-13)27-18(19(24)25)20-23(2)17-14(21)5-4-6-15(17)26-20/h3-9,12,22H,1,10-11H2,2H3/b16-12-,20-18+. The quantitative estimate of drug-likeness (QED) is 0.805. The van der Waals surface area contributed by atoms with Crippen LogP contribution in [0.25, 0.3) is 11.1 Å². The summed E-state index contributed by atoms with van der Waals surface area (Å²) in [6, 6.07) is 5.01. The second-order valence-electron chi connectivity index (χ2n) is 6.12. The molecule has 0 amide bonds. The molecule has 0 saturated heterocycles. The molecule has 1 aromatic heterocycles. The molecule has 7 heteroatoms. The van der Waals surface area contributed by atoms with Crippen LogP contribution in [-0.2, 0) is 6.54 Å². The van der Waals surface area contributed by atoms with Gasteiger partial charge in [0.05, 0.1) is 10.4 Å². The van der Waals surface area contributed by atoms with E-state index in [2.05, 4.69) is 18.0 Å². The number of benzene rings is 1. The van der Waals surface area contributed by atoms with E-state index < -0.39 is 0 Å². The highest BCUT2D eigenvalue weighted by atomic mass is 32.2. The number of thiazole rings is 1. The van der Waals surface area contributed by atoms with Crippen molar-refractivity contribution in [3.05, 3.63) is 80.1 Å². The lowest BCUT2D eigenvalue weighted by Crippen LogP contribution is -2.33. The number of para-hydroxylation sites is 1. The number of halogens is 1. The van der Waals surface area contributed by atoms with Gasteiger partial charge in [-0.15, -0.1) is 17.9 Å². The highest BCUT2D eigenvalue weighted by Gasteiger charge is 2.27. The third-order valence-corrected chi connectivity index (χ3v) is 6.82. The molecule has 1 aromatic carbocycles. The molecule has 0 bridgehead atoms. The maximum absolute atomic E-state index is 14.3. The number of thioether (sulfide) groups is 1. The minimum atomic E-state index is -0.280. The summed E-state index contributed by atoms with van der Waals surface area (Å²) >= 11 is 2.86. The molecule has 2 aromatic rings. The van der Waals surface area contributed by atoms with E-state index in [1.54, 1.807) is 28.7 Å². The smallest absolute Gasteiger partial charge is 0.272 e. The van der Waals surface area contributed by atoms with E-state index in [0.717, 1.165) is 26.7 Å². The van der Waals surface area contributed by atoms with E-state index in [4.69, 9.17) is 0 Å². The van der Waals surface area contributed by atoms with Gasteiger partial charge < -0.3 is 10.2 Å². The molecule has 0 fully saturated rings. The fraction of sp³-hybridized carbons (Fsp3) is 0.150. The zero-order valence-corrected chi connectivity index (χ0v) is 16.4. The van der Waals surface area contributed by atoms with Gasteiger partial charge >= 0.3 is 0 Å². The zero-order valence-electron chi connectivity index (χ0n) is 14.7. The average Bonchev–Trinajstić information content (AvgIpc) is 3.15. The summed E-state index contributed by atoms with van der Waals surface area (Å²) in [6.45, 7) is 4.96. The first-order chi connectivity index (χ1) is 13.1. The van der Waals surface area contributed by atoms with Crippen LogP contribution in [0.4, 0.5) is 10.1 Å². The Morgan fingerprint density at radius 2 is 2.26 bits per heavy atom. The van der Waals surface area contributed by atoms with Crippen molar-refractivity contribution in [2.24, 2.45) is 0 Å². The van der Waals surface area contributed by atoms with E-state index in [1.807, 2.05) is 24.4 Å². The van der Waals surface area contributed by atoms with Crippen molar-refractivity contribution in [2.75, 3.05) is 18.5 Å². The number of nitrogens with zero attached hydrogens (tertiary/aromatic N) is 2. The van der Waals surface area contributed by atoms with Crippen molar-refractivity contribution in [1.82, 2.24) is 9.88 Å². The zero-order chi connectivity index (χ0) is 19.0. The molecule has 0 atom stereocenters. The van der Waals surface area contributed by atoms with Gasteiger partial charge in [-0.3, -0.25) is 9.36 Å². The van der Waals surface area contributed by atoms with Crippen LogP contribution >= 0.6 is 23.1 Å². The first-order valence-corrected chi connectivity index (χ1v) is 10.1. The summed E-state index contributed by atoms with van der Waals surface area (Å²) in [5.74, 6) is -0.280. The monoisotopic (exact) mass is 399 g/mol. The van der Waals surface area contributed by atoms with E-state index in [1.165, 1.54) is 29.2 Å². The number of fused-ring (bicyclic) bond motifs is 1. The average molecular weight is 400 g/mol. The van der Waals surface area contributed by atoms with Crippen molar-refractivity contribution in [1.29, 1.82) is 0 Å². The maximum atomic E-state index is 14.3. The third-order valence-electron chi connectivity index (χ3n) is 4.35. The van der Waals surface area contributed by atoms with Gasteiger partial charge in [0.15, 0.2) is 0 Å². The van der Waals surface area contributed by atoms with Crippen LogP contribution in [0.1, 0.15) is 0 Å². The number of allylic oxidation sites excluding steroid dienone is 3. The van der Waals surface area contributed by atoms with E-state index in [0.29, 0.717) is 16.8 Å². The molecule has 27 heavy (non-hydrogen) atoms. The predicted octanol–water partition coefficient (Wildman–Crippen LogP) is 2.37. The minimum absolute atomic E-state index is 0.0766. The Labute approximate surface area is 164 Å². The molecule has 1 N–H and O–H groups in total. The van der Waals surface area contributed by atoms with Gasteiger partial charge in [-0.25, -0.2) is 4.39 Å². The number of rotatable bonds is 3. The van der Waals surface area contributed by atoms with Crippen molar-refractivity contribution in [3.8, 4) is 0 Å². The highest BCUT2D eigenvalue weighted by Crippen LogP contribution is 2.46. The maximum Gasteiger partial charge on any atom is 0.272 e. The molecule has 2 aliphatic heterocycles. The molecule has 0 aliphatic carbocycles. The molecule has 0 saturated carbocycles. The van der Waals surface area contributed by atoms with Gasteiger partial charge in [-0.1, -0.05) is 30.0 Å². The van der Waals surface area contributed by atoms with Crippen molar-refractivity contribution >= 4 is 39.9 Å². The number of hydrogen-bond donors (Lipinski definition) is 1. The van der Waals surface area contributed by atoms with Crippen LogP contribution in [0.2, 0.25) is 0 Å². The lowest BCUT2D eigenvalue weighted by atomic mass is 10.2. The van der Waals surface area contributed by atoms with Crippen molar-refractivity contribution < 1.29 is 4.39 Å². The summed E-state index contributed by atoms with van der Waals surface area (Å²) in [4.78, 5) is 15.7. The Kier molecular flexibility index (Phi) is 4.80. The molecule has 4 nitrogen and oxygen atoms in total. The molecular weight excluding hydrogens is 381 g/mol. The summed E-state index contributed by atoms with van der Waals surface area (Å²) in [5, 5.41) is 3.88. The Morgan fingerprint density at radius 3 is 2.96 bits per heavy atom. The lowest BCUT2D eigenvalue weighted by Gasteiger charge is -2.12. The Bertz CT molecular complexity index is 1160. The lowest BCUT2D eigenvalue weighted by molar-refractivity contribution is 0.625. The Hall–Kier alpha value is -2.51. The Balaban J connectivity index is 1.93. The second-order valence-corrected chi connectivity index (χ2v) is 8.18. The fourth-order valence-electron chi connectivity index (χ4n) is 3.06. The van der Waals surface area contributed by atoms with Crippen LogP contribution < -0.4 is 25.0 Å². The minimum Gasteiger partial charge on any atom is -0.387 e. The van der Waals surface area contributed by atoms with E-state index in [9.17, 15) is 9.18 Å². The van der Waals surface area contributed by atoms with Crippen molar-refractivity contribution in [3.63, 3.8) is 0 Å². The molecule has 0 radical (unpaired) electrons. The van der Waals surface area contributed by atoms with Crippen LogP contribution in [0.3, 0.4) is 0 Å². The summed E-state index contributed by atoms with van der Waals surface area (Å²) in [5.41, 5.74) is 1.49. The SMILES string of the molecule is C=CCn1c(=O)/c(=C2\Sc3cccc(F)c3N2C)s/c1=C\C1=CCNC=C1. The highest BCUT2D eigenvalue weighted by molar-refractivity contribution is 8.08. The number of aromatic nitrogens is 1. The molecule has 4 rings (SSSR count). The topological polar surface area (TPSA) is 37.3 Å². The molecular formula is C20H18FN3OS2. The van der Waals surface area contributed by atoms with Crippen LogP contribution in [-0.4, -0.2) is 18.2 Å². The molecule has 2 aliphatic rings.